The van der Waals surface area contributed by atoms with Gasteiger partial charge in [0.15, 0.2) is 9.84 Å². The molecule has 5 heteroatoms. The highest BCUT2D eigenvalue weighted by molar-refractivity contribution is 7.93. The molecule has 0 saturated carbocycles. The van der Waals surface area contributed by atoms with Gasteiger partial charge in [-0.25, -0.2) is 8.42 Å². The van der Waals surface area contributed by atoms with Gasteiger partial charge < -0.3 is 9.84 Å². The largest absolute Gasteiger partial charge is 0.390 e. The lowest BCUT2D eigenvalue weighted by Gasteiger charge is -2.36. The molecule has 2 atom stereocenters. The van der Waals surface area contributed by atoms with Crippen LogP contribution in [0.2, 0.25) is 0 Å². The van der Waals surface area contributed by atoms with E-state index in [-0.39, 0.29) is 10.5 Å². The van der Waals surface area contributed by atoms with E-state index in [9.17, 15) is 13.5 Å². The van der Waals surface area contributed by atoms with Crippen molar-refractivity contribution in [1.82, 2.24) is 0 Å². The summed E-state index contributed by atoms with van der Waals surface area (Å²) in [5.74, 6) is 0. The molecule has 1 aromatic rings. The zero-order chi connectivity index (χ0) is 14.9. The molecule has 1 aromatic carbocycles. The van der Waals surface area contributed by atoms with E-state index < -0.39 is 15.4 Å². The fraction of sp³-hybridized carbons (Fsp3) is 0.625. The molecule has 3 rings (SSSR count). The number of sulfone groups is 1. The smallest absolute Gasteiger partial charge is 0.156 e. The Hall–Kier alpha value is -0.910. The second-order valence-electron chi connectivity index (χ2n) is 6.33. The summed E-state index contributed by atoms with van der Waals surface area (Å²) >= 11 is 0. The Balaban J connectivity index is 1.50. The molecule has 0 amide bonds. The van der Waals surface area contributed by atoms with Crippen LogP contribution in [-0.2, 0) is 21.2 Å². The minimum Gasteiger partial charge on any atom is -0.390 e. The quantitative estimate of drug-likeness (QED) is 0.846. The first kappa shape index (κ1) is 15.0. The molecule has 1 N–H and O–H groups in total. The lowest BCUT2D eigenvalue weighted by atomic mass is 9.90. The molecular formula is C16H22O4S. The number of rotatable bonds is 5. The van der Waals surface area contributed by atoms with Gasteiger partial charge in [-0.05, 0) is 37.7 Å². The molecule has 0 radical (unpaired) electrons. The predicted molar refractivity (Wildman–Crippen MR) is 80.6 cm³/mol. The van der Waals surface area contributed by atoms with Gasteiger partial charge in [-0.15, -0.1) is 0 Å². The minimum atomic E-state index is -2.97. The Morgan fingerprint density at radius 1 is 1.14 bits per heavy atom. The van der Waals surface area contributed by atoms with Crippen molar-refractivity contribution in [3.8, 4) is 0 Å². The van der Waals surface area contributed by atoms with Crippen LogP contribution in [0.15, 0.2) is 30.3 Å². The summed E-state index contributed by atoms with van der Waals surface area (Å²) in [7, 11) is -2.97. The number of ether oxygens (including phenoxy) is 1. The van der Waals surface area contributed by atoms with Crippen molar-refractivity contribution in [2.75, 3.05) is 6.61 Å². The zero-order valence-corrected chi connectivity index (χ0v) is 12.9. The van der Waals surface area contributed by atoms with Gasteiger partial charge in [0.25, 0.3) is 0 Å². The minimum absolute atomic E-state index is 0.338. The molecule has 2 aliphatic heterocycles. The number of benzene rings is 1. The molecule has 116 valence electrons. The average molecular weight is 310 g/mol. The van der Waals surface area contributed by atoms with Crippen molar-refractivity contribution in [1.29, 1.82) is 0 Å². The predicted octanol–water partition coefficient (Wildman–Crippen LogP) is 2.06. The lowest BCUT2D eigenvalue weighted by molar-refractivity contribution is -0.0168. The maximum Gasteiger partial charge on any atom is 0.156 e. The van der Waals surface area contributed by atoms with Crippen LogP contribution in [0.5, 0.6) is 0 Å². The van der Waals surface area contributed by atoms with Crippen molar-refractivity contribution in [2.24, 2.45) is 0 Å². The topological polar surface area (TPSA) is 63.6 Å². The maximum atomic E-state index is 12.0. The lowest BCUT2D eigenvalue weighted by Crippen LogP contribution is -2.45. The third kappa shape index (κ3) is 3.15. The summed E-state index contributed by atoms with van der Waals surface area (Å²) in [4.78, 5) is 0. The normalized spacial score (nSPS) is 34.0. The SMILES string of the molecule is O=S1(=O)C2CCC1CC(O)(CCOCc1ccccc1)C2. The van der Waals surface area contributed by atoms with E-state index in [0.29, 0.717) is 45.3 Å². The van der Waals surface area contributed by atoms with E-state index in [1.54, 1.807) is 0 Å². The number of hydrogen-bond donors (Lipinski definition) is 1. The van der Waals surface area contributed by atoms with E-state index in [2.05, 4.69) is 0 Å². The van der Waals surface area contributed by atoms with Crippen LogP contribution in [-0.4, -0.2) is 36.2 Å². The molecule has 2 aliphatic rings. The standard InChI is InChI=1S/C16H22O4S/c17-16(8-9-20-12-13-4-2-1-3-5-13)10-14-6-7-15(11-16)21(14,18)19/h1-5,14-15,17H,6-12H2. The van der Waals surface area contributed by atoms with Crippen LogP contribution in [0, 0.1) is 0 Å². The second kappa shape index (κ2) is 5.71. The van der Waals surface area contributed by atoms with Crippen LogP contribution in [0.3, 0.4) is 0 Å². The Morgan fingerprint density at radius 3 is 2.38 bits per heavy atom. The van der Waals surface area contributed by atoms with Gasteiger partial charge >= 0.3 is 0 Å². The fourth-order valence-corrected chi connectivity index (χ4v) is 6.13. The first-order valence-electron chi connectivity index (χ1n) is 7.56. The summed E-state index contributed by atoms with van der Waals surface area (Å²) in [6.07, 6.45) is 2.68. The van der Waals surface area contributed by atoms with Crippen LogP contribution in [0.25, 0.3) is 0 Å². The summed E-state index contributed by atoms with van der Waals surface area (Å²) in [5, 5.41) is 9.96. The molecule has 21 heavy (non-hydrogen) atoms. The summed E-state index contributed by atoms with van der Waals surface area (Å²) < 4.78 is 29.7. The van der Waals surface area contributed by atoms with E-state index in [4.69, 9.17) is 4.74 Å². The summed E-state index contributed by atoms with van der Waals surface area (Å²) in [5.41, 5.74) is 0.240. The molecule has 0 spiro atoms. The fourth-order valence-electron chi connectivity index (χ4n) is 3.57. The van der Waals surface area contributed by atoms with Crippen molar-refractivity contribution in [3.05, 3.63) is 35.9 Å². The second-order valence-corrected chi connectivity index (χ2v) is 8.84. The van der Waals surface area contributed by atoms with Gasteiger partial charge in [0.2, 0.25) is 0 Å². The van der Waals surface area contributed by atoms with E-state index in [1.165, 1.54) is 0 Å². The third-order valence-corrected chi connectivity index (χ3v) is 7.44. The Kier molecular flexibility index (Phi) is 4.08. The van der Waals surface area contributed by atoms with E-state index in [0.717, 1.165) is 5.56 Å². The van der Waals surface area contributed by atoms with Crippen LogP contribution >= 0.6 is 0 Å². The van der Waals surface area contributed by atoms with E-state index in [1.807, 2.05) is 30.3 Å². The first-order chi connectivity index (χ1) is 10.00. The summed E-state index contributed by atoms with van der Waals surface area (Å²) in [6, 6.07) is 9.90. The Labute approximate surface area is 126 Å². The number of aliphatic hydroxyl groups is 1. The van der Waals surface area contributed by atoms with E-state index >= 15 is 0 Å². The van der Waals surface area contributed by atoms with Crippen molar-refractivity contribution in [3.63, 3.8) is 0 Å². The molecule has 0 aromatic heterocycles. The highest BCUT2D eigenvalue weighted by Gasteiger charge is 2.52. The molecule has 4 nitrogen and oxygen atoms in total. The third-order valence-electron chi connectivity index (χ3n) is 4.78. The van der Waals surface area contributed by atoms with Crippen LogP contribution in [0.4, 0.5) is 0 Å². The maximum absolute atomic E-state index is 12.0. The molecule has 0 aliphatic carbocycles. The molecule has 2 unspecified atom stereocenters. The molecule has 2 saturated heterocycles. The van der Waals surface area contributed by atoms with Gasteiger partial charge in [-0.1, -0.05) is 30.3 Å². The van der Waals surface area contributed by atoms with Crippen molar-refractivity contribution in [2.45, 2.75) is 54.8 Å². The van der Waals surface area contributed by atoms with Gasteiger partial charge in [0.05, 0.1) is 22.7 Å². The van der Waals surface area contributed by atoms with Crippen molar-refractivity contribution < 1.29 is 18.3 Å². The monoisotopic (exact) mass is 310 g/mol. The first-order valence-corrected chi connectivity index (χ1v) is 9.17. The van der Waals surface area contributed by atoms with Crippen LogP contribution < -0.4 is 0 Å². The highest BCUT2D eigenvalue weighted by atomic mass is 32.2. The Bertz CT molecular complexity index is 562. The van der Waals surface area contributed by atoms with Crippen molar-refractivity contribution >= 4 is 9.84 Å². The average Bonchev–Trinajstić information content (AvgIpc) is 2.65. The van der Waals surface area contributed by atoms with Gasteiger partial charge in [-0.2, -0.15) is 0 Å². The molecule has 2 bridgehead atoms. The number of hydrogen-bond acceptors (Lipinski definition) is 4. The highest BCUT2D eigenvalue weighted by Crippen LogP contribution is 2.44. The molecule has 2 fully saturated rings. The van der Waals surface area contributed by atoms with Gasteiger partial charge in [0.1, 0.15) is 0 Å². The summed E-state index contributed by atoms with van der Waals surface area (Å²) in [6.45, 7) is 0.993. The Morgan fingerprint density at radius 2 is 1.76 bits per heavy atom. The molecular weight excluding hydrogens is 288 g/mol. The molecule has 2 heterocycles. The van der Waals surface area contributed by atoms with Gasteiger partial charge in [0, 0.05) is 6.61 Å². The zero-order valence-electron chi connectivity index (χ0n) is 12.1. The van der Waals surface area contributed by atoms with Crippen LogP contribution in [0.1, 0.15) is 37.7 Å². The van der Waals surface area contributed by atoms with Gasteiger partial charge in [-0.3, -0.25) is 0 Å². The number of fused-ring (bicyclic) bond motifs is 2.